The van der Waals surface area contributed by atoms with Gasteiger partial charge in [0.2, 0.25) is 5.91 Å². The zero-order valence-electron chi connectivity index (χ0n) is 11.3. The van der Waals surface area contributed by atoms with E-state index in [0.717, 1.165) is 16.7 Å². The summed E-state index contributed by atoms with van der Waals surface area (Å²) in [6, 6.07) is 16.2. The molecule has 2 rings (SSSR count). The fourth-order valence-corrected chi connectivity index (χ4v) is 3.00. The highest BCUT2D eigenvalue weighted by atomic mass is 32.2. The molecule has 0 aliphatic carbocycles. The summed E-state index contributed by atoms with van der Waals surface area (Å²) in [6.07, 6.45) is 0. The maximum absolute atomic E-state index is 11.6. The molecule has 0 aromatic heterocycles. The minimum absolute atomic E-state index is 0.0837. The van der Waals surface area contributed by atoms with Gasteiger partial charge in [0.1, 0.15) is 5.75 Å². The summed E-state index contributed by atoms with van der Waals surface area (Å²) in [5, 5.41) is 0. The number of carbonyl (C=O) groups excluding carboxylic acids is 1. The van der Waals surface area contributed by atoms with Crippen molar-refractivity contribution in [1.29, 1.82) is 0 Å². The molecule has 4 heteroatoms. The Hall–Kier alpha value is -1.94. The van der Waals surface area contributed by atoms with Crippen molar-refractivity contribution >= 4 is 16.7 Å². The fraction of sp³-hybridized carbons (Fsp3) is 0.188. The quantitative estimate of drug-likeness (QED) is 0.918. The molecule has 0 aliphatic heterocycles. The Morgan fingerprint density at radius 2 is 1.80 bits per heavy atom. The molecule has 0 aliphatic rings. The van der Waals surface area contributed by atoms with Crippen molar-refractivity contribution < 1.29 is 9.00 Å². The minimum Gasteiger partial charge on any atom is -0.369 e. The molecule has 104 valence electrons. The monoisotopic (exact) mass is 287 g/mol. The number of hydrogen-bond donors (Lipinski definition) is 1. The first-order valence-corrected chi connectivity index (χ1v) is 7.82. The van der Waals surface area contributed by atoms with Crippen molar-refractivity contribution in [3.63, 3.8) is 0 Å². The van der Waals surface area contributed by atoms with Gasteiger partial charge in [-0.25, -0.2) is 0 Å². The number of carbonyl (C=O) groups is 1. The van der Waals surface area contributed by atoms with Crippen LogP contribution in [0.1, 0.15) is 11.1 Å². The van der Waals surface area contributed by atoms with Gasteiger partial charge >= 0.3 is 0 Å². The van der Waals surface area contributed by atoms with Gasteiger partial charge in [-0.1, -0.05) is 54.1 Å². The van der Waals surface area contributed by atoms with Crippen LogP contribution in [0.2, 0.25) is 0 Å². The Kier molecular flexibility index (Phi) is 4.69. The summed E-state index contributed by atoms with van der Waals surface area (Å²) in [4.78, 5) is 10.7. The summed E-state index contributed by atoms with van der Waals surface area (Å²) in [6.45, 7) is 2.06. The van der Waals surface area contributed by atoms with Crippen molar-refractivity contribution in [2.24, 2.45) is 5.73 Å². The average Bonchev–Trinajstić information content (AvgIpc) is 2.38. The van der Waals surface area contributed by atoms with Gasteiger partial charge in [0.15, 0.2) is 0 Å². The highest BCUT2D eigenvalue weighted by Crippen LogP contribution is 2.21. The number of primary amides is 1. The molecule has 0 heterocycles. The number of nitrogens with two attached hydrogens (primary N) is 1. The maximum Gasteiger partial charge on any atom is 0.230 e. The summed E-state index contributed by atoms with van der Waals surface area (Å²) in [7, 11) is -1.23. The second-order valence-electron chi connectivity index (χ2n) is 4.76. The van der Waals surface area contributed by atoms with E-state index in [2.05, 4.69) is 25.1 Å². The largest absolute Gasteiger partial charge is 0.369 e. The highest BCUT2D eigenvalue weighted by molar-refractivity contribution is 7.84. The van der Waals surface area contributed by atoms with Gasteiger partial charge in [-0.15, -0.1) is 0 Å². The molecule has 1 unspecified atom stereocenters. The lowest BCUT2D eigenvalue weighted by Gasteiger charge is -2.05. The smallest absolute Gasteiger partial charge is 0.230 e. The van der Waals surface area contributed by atoms with E-state index in [1.165, 1.54) is 5.56 Å². The van der Waals surface area contributed by atoms with Crippen LogP contribution in [0.15, 0.2) is 48.5 Å². The molecule has 0 fully saturated rings. The first-order chi connectivity index (χ1) is 9.54. The van der Waals surface area contributed by atoms with E-state index in [1.54, 1.807) is 0 Å². The second kappa shape index (κ2) is 6.48. The molecule has 1 atom stereocenters. The Bertz CT molecular complexity index is 635. The molecular weight excluding hydrogens is 270 g/mol. The third-order valence-electron chi connectivity index (χ3n) is 2.94. The number of hydrogen-bond acceptors (Lipinski definition) is 2. The van der Waals surface area contributed by atoms with Crippen LogP contribution in [0.5, 0.6) is 0 Å². The number of rotatable bonds is 5. The highest BCUT2D eigenvalue weighted by Gasteiger charge is 2.06. The van der Waals surface area contributed by atoms with Crippen LogP contribution >= 0.6 is 0 Å². The van der Waals surface area contributed by atoms with Crippen LogP contribution < -0.4 is 5.73 Å². The van der Waals surface area contributed by atoms with Gasteiger partial charge in [-0.2, -0.15) is 0 Å². The Balaban J connectivity index is 2.10. The summed E-state index contributed by atoms with van der Waals surface area (Å²) in [5.41, 5.74) is 9.48. The van der Waals surface area contributed by atoms with Crippen LogP contribution in [0, 0.1) is 6.92 Å². The van der Waals surface area contributed by atoms with Crippen LogP contribution in [0.3, 0.4) is 0 Å². The SMILES string of the molecule is Cc1cccc(-c2ccc(CS(=O)CC(N)=O)cc2)c1. The fourth-order valence-electron chi connectivity index (χ4n) is 2.01. The van der Waals surface area contributed by atoms with Crippen molar-refractivity contribution in [2.45, 2.75) is 12.7 Å². The minimum atomic E-state index is -1.23. The standard InChI is InChI=1S/C16H17NO2S/c1-12-3-2-4-15(9-12)14-7-5-13(6-8-14)10-20(19)11-16(17)18/h2-9H,10-11H2,1H3,(H2,17,18). The first-order valence-electron chi connectivity index (χ1n) is 6.34. The van der Waals surface area contributed by atoms with Crippen LogP contribution in [-0.4, -0.2) is 15.9 Å². The molecular formula is C16H17NO2S. The molecule has 2 aromatic rings. The summed E-state index contributed by atoms with van der Waals surface area (Å²) < 4.78 is 11.6. The molecule has 1 amide bonds. The zero-order valence-corrected chi connectivity index (χ0v) is 12.2. The van der Waals surface area contributed by atoms with Gasteiger partial charge in [0, 0.05) is 16.6 Å². The molecule has 0 saturated carbocycles. The van der Waals surface area contributed by atoms with Gasteiger partial charge in [0.05, 0.1) is 0 Å². The van der Waals surface area contributed by atoms with Gasteiger partial charge in [0.25, 0.3) is 0 Å². The Morgan fingerprint density at radius 3 is 2.40 bits per heavy atom. The van der Waals surface area contributed by atoms with Crippen molar-refractivity contribution in [3.05, 3.63) is 59.7 Å². The van der Waals surface area contributed by atoms with Gasteiger partial charge in [-0.3, -0.25) is 9.00 Å². The zero-order chi connectivity index (χ0) is 14.5. The Morgan fingerprint density at radius 1 is 1.10 bits per heavy atom. The van der Waals surface area contributed by atoms with E-state index in [1.807, 2.05) is 30.3 Å². The second-order valence-corrected chi connectivity index (χ2v) is 6.22. The van der Waals surface area contributed by atoms with Crippen molar-refractivity contribution in [1.82, 2.24) is 0 Å². The topological polar surface area (TPSA) is 60.2 Å². The van der Waals surface area contributed by atoms with Gasteiger partial charge in [-0.05, 0) is 23.6 Å². The van der Waals surface area contributed by atoms with E-state index in [4.69, 9.17) is 5.73 Å². The third-order valence-corrected chi connectivity index (χ3v) is 4.20. The van der Waals surface area contributed by atoms with Crippen LogP contribution in [-0.2, 0) is 21.3 Å². The van der Waals surface area contributed by atoms with E-state index < -0.39 is 16.7 Å². The maximum atomic E-state index is 11.6. The molecule has 0 bridgehead atoms. The number of amides is 1. The molecule has 2 aromatic carbocycles. The molecule has 0 radical (unpaired) electrons. The first kappa shape index (κ1) is 14.5. The van der Waals surface area contributed by atoms with E-state index in [-0.39, 0.29) is 5.75 Å². The number of aryl methyl sites for hydroxylation is 1. The molecule has 20 heavy (non-hydrogen) atoms. The third kappa shape index (κ3) is 4.03. The lowest BCUT2D eigenvalue weighted by atomic mass is 10.0. The van der Waals surface area contributed by atoms with E-state index in [9.17, 15) is 9.00 Å². The van der Waals surface area contributed by atoms with Crippen LogP contribution in [0.25, 0.3) is 11.1 Å². The van der Waals surface area contributed by atoms with E-state index in [0.29, 0.717) is 5.75 Å². The predicted octanol–water partition coefficient (Wildman–Crippen LogP) is 2.40. The molecule has 0 saturated heterocycles. The molecule has 2 N–H and O–H groups in total. The lowest BCUT2D eigenvalue weighted by Crippen LogP contribution is -2.20. The number of benzene rings is 2. The predicted molar refractivity (Wildman–Crippen MR) is 82.5 cm³/mol. The van der Waals surface area contributed by atoms with Crippen molar-refractivity contribution in [2.75, 3.05) is 5.75 Å². The summed E-state index contributed by atoms with van der Waals surface area (Å²) in [5.74, 6) is -0.254. The summed E-state index contributed by atoms with van der Waals surface area (Å²) >= 11 is 0. The van der Waals surface area contributed by atoms with E-state index >= 15 is 0 Å². The average molecular weight is 287 g/mol. The van der Waals surface area contributed by atoms with Crippen LogP contribution in [0.4, 0.5) is 0 Å². The Labute approximate surface area is 121 Å². The molecule has 3 nitrogen and oxygen atoms in total. The molecule has 0 spiro atoms. The lowest BCUT2D eigenvalue weighted by molar-refractivity contribution is -0.115. The normalized spacial score (nSPS) is 12.1. The van der Waals surface area contributed by atoms with Crippen molar-refractivity contribution in [3.8, 4) is 11.1 Å². The van der Waals surface area contributed by atoms with Gasteiger partial charge < -0.3 is 5.73 Å².